The largest absolute Gasteiger partial charge is 0.304 e. The van der Waals surface area contributed by atoms with E-state index in [2.05, 4.69) is 10.3 Å². The first-order valence-corrected chi connectivity index (χ1v) is 11.6. The molecule has 10 heteroatoms. The maximum Gasteiger partial charge on any atom is 0.285 e. The number of nitrogens with zero attached hydrogens (tertiary/aromatic N) is 2. The van der Waals surface area contributed by atoms with Gasteiger partial charge in [-0.1, -0.05) is 17.3 Å². The van der Waals surface area contributed by atoms with E-state index in [1.54, 1.807) is 6.07 Å². The van der Waals surface area contributed by atoms with Gasteiger partial charge in [0, 0.05) is 6.26 Å². The van der Waals surface area contributed by atoms with Gasteiger partial charge in [-0.25, -0.2) is 12.8 Å². The van der Waals surface area contributed by atoms with Gasteiger partial charge in [0.1, 0.15) is 5.82 Å². The smallest absolute Gasteiger partial charge is 0.285 e. The molecular weight excluding hydrogens is 411 g/mol. The molecular formula is C17H13FN2O4S3. The van der Waals surface area contributed by atoms with E-state index in [-0.39, 0.29) is 21.1 Å². The van der Waals surface area contributed by atoms with Crippen LogP contribution in [0.15, 0.2) is 56.7 Å². The van der Waals surface area contributed by atoms with Crippen molar-refractivity contribution in [1.29, 1.82) is 0 Å². The number of halogens is 1. The monoisotopic (exact) mass is 424 g/mol. The predicted molar refractivity (Wildman–Crippen MR) is 101 cm³/mol. The fraction of sp³-hybridized carbons (Fsp3) is 0.118. The Labute approximate surface area is 159 Å². The second-order valence-corrected chi connectivity index (χ2v) is 10.2. The minimum absolute atomic E-state index is 0.0516. The van der Waals surface area contributed by atoms with Crippen molar-refractivity contribution in [3.8, 4) is 12.3 Å². The molecule has 0 unspecified atom stereocenters. The van der Waals surface area contributed by atoms with E-state index in [0.717, 1.165) is 41.9 Å². The third-order valence-electron chi connectivity index (χ3n) is 3.64. The molecule has 0 spiro atoms. The number of rotatable bonds is 4. The van der Waals surface area contributed by atoms with Crippen LogP contribution in [-0.4, -0.2) is 27.7 Å². The molecule has 0 atom stereocenters. The van der Waals surface area contributed by atoms with Crippen molar-refractivity contribution in [2.24, 2.45) is 4.40 Å². The second kappa shape index (κ2) is 6.92. The zero-order valence-electron chi connectivity index (χ0n) is 14.0. The Morgan fingerprint density at radius 1 is 1.11 bits per heavy atom. The lowest BCUT2D eigenvalue weighted by Gasteiger charge is -2.02. The third kappa shape index (κ3) is 3.95. The molecule has 0 amide bonds. The zero-order valence-corrected chi connectivity index (χ0v) is 16.4. The zero-order chi connectivity index (χ0) is 19.8. The lowest BCUT2D eigenvalue weighted by molar-refractivity contribution is 0.594. The molecule has 0 radical (unpaired) electrons. The van der Waals surface area contributed by atoms with Crippen molar-refractivity contribution in [3.63, 3.8) is 0 Å². The van der Waals surface area contributed by atoms with Crippen LogP contribution in [0.2, 0.25) is 0 Å². The molecule has 0 bridgehead atoms. The number of hydrogen-bond donors (Lipinski definition) is 0. The molecule has 0 aliphatic carbocycles. The number of terminal acetylenes is 1. The molecule has 3 aromatic rings. The average molecular weight is 425 g/mol. The molecule has 0 saturated carbocycles. The highest BCUT2D eigenvalue weighted by molar-refractivity contribution is 7.90. The van der Waals surface area contributed by atoms with Crippen LogP contribution in [0.5, 0.6) is 0 Å². The second-order valence-electron chi connectivity index (χ2n) is 5.60. The first kappa shape index (κ1) is 19.3. The van der Waals surface area contributed by atoms with Crippen molar-refractivity contribution >= 4 is 41.4 Å². The summed E-state index contributed by atoms with van der Waals surface area (Å²) in [5, 5.41) is 0. The van der Waals surface area contributed by atoms with Gasteiger partial charge < -0.3 is 4.57 Å². The molecule has 0 saturated heterocycles. The normalized spacial score (nSPS) is 13.0. The fourth-order valence-electron chi connectivity index (χ4n) is 2.36. The number of aromatic nitrogens is 1. The maximum atomic E-state index is 13.0. The van der Waals surface area contributed by atoms with Crippen LogP contribution in [0.1, 0.15) is 0 Å². The molecule has 0 aliphatic rings. The van der Waals surface area contributed by atoms with Crippen LogP contribution >= 0.6 is 11.3 Å². The minimum Gasteiger partial charge on any atom is -0.304 e. The number of fused-ring (bicyclic) bond motifs is 1. The third-order valence-corrected chi connectivity index (χ3v) is 7.19. The maximum absolute atomic E-state index is 13.0. The quantitative estimate of drug-likeness (QED) is 0.601. The number of sulfonamides is 1. The van der Waals surface area contributed by atoms with Crippen molar-refractivity contribution in [1.82, 2.24) is 4.57 Å². The molecule has 6 nitrogen and oxygen atoms in total. The van der Waals surface area contributed by atoms with Gasteiger partial charge in [0.15, 0.2) is 9.84 Å². The first-order valence-electron chi connectivity index (χ1n) is 7.45. The molecule has 27 heavy (non-hydrogen) atoms. The van der Waals surface area contributed by atoms with Gasteiger partial charge in [0.05, 0.1) is 26.6 Å². The Bertz CT molecular complexity index is 1340. The summed E-state index contributed by atoms with van der Waals surface area (Å²) < 4.78 is 67.5. The van der Waals surface area contributed by atoms with Crippen LogP contribution < -0.4 is 4.80 Å². The first-order chi connectivity index (χ1) is 12.6. The minimum atomic E-state index is -4.10. The summed E-state index contributed by atoms with van der Waals surface area (Å²) in [6, 6.07) is 8.73. The topological polar surface area (TPSA) is 85.6 Å². The van der Waals surface area contributed by atoms with Crippen molar-refractivity contribution < 1.29 is 21.2 Å². The lowest BCUT2D eigenvalue weighted by atomic mass is 10.3. The van der Waals surface area contributed by atoms with Gasteiger partial charge in [-0.3, -0.25) is 0 Å². The predicted octanol–water partition coefficient (Wildman–Crippen LogP) is 2.17. The molecule has 1 heterocycles. The van der Waals surface area contributed by atoms with Gasteiger partial charge >= 0.3 is 0 Å². The van der Waals surface area contributed by atoms with E-state index in [4.69, 9.17) is 6.42 Å². The van der Waals surface area contributed by atoms with Gasteiger partial charge in [-0.05, 0) is 42.5 Å². The number of benzene rings is 2. The standard InChI is InChI=1S/C17H13FN2O4S3/c1-3-10-20-15-9-8-14(26(2,21)22)11-16(15)25-17(20)19-27(23,24)13-6-4-12(18)5-7-13/h1,4-9,11H,10H2,2H3/b19-17-. The summed E-state index contributed by atoms with van der Waals surface area (Å²) in [6.45, 7) is 0.0516. The highest BCUT2D eigenvalue weighted by atomic mass is 32.2. The van der Waals surface area contributed by atoms with Gasteiger partial charge in [0.2, 0.25) is 4.80 Å². The van der Waals surface area contributed by atoms with Crippen molar-refractivity contribution in [3.05, 3.63) is 53.1 Å². The Morgan fingerprint density at radius 3 is 2.33 bits per heavy atom. The summed E-state index contributed by atoms with van der Waals surface area (Å²) in [5.74, 6) is 1.86. The summed E-state index contributed by atoms with van der Waals surface area (Å²) in [7, 11) is -7.52. The molecule has 2 aromatic carbocycles. The van der Waals surface area contributed by atoms with Crippen molar-refractivity contribution in [2.45, 2.75) is 16.3 Å². The average Bonchev–Trinajstić information content (AvgIpc) is 2.91. The van der Waals surface area contributed by atoms with E-state index in [1.807, 2.05) is 0 Å². The van der Waals surface area contributed by atoms with Crippen LogP contribution in [0.3, 0.4) is 0 Å². The molecule has 3 rings (SSSR count). The number of thiazole rings is 1. The lowest BCUT2D eigenvalue weighted by Crippen LogP contribution is -2.16. The van der Waals surface area contributed by atoms with Gasteiger partial charge in [0.25, 0.3) is 10.0 Å². The Hall–Kier alpha value is -2.48. The molecule has 0 N–H and O–H groups in total. The molecule has 0 fully saturated rings. The van der Waals surface area contributed by atoms with Crippen LogP contribution in [-0.2, 0) is 26.4 Å². The van der Waals surface area contributed by atoms with Gasteiger partial charge in [-0.15, -0.1) is 10.8 Å². The van der Waals surface area contributed by atoms with Crippen LogP contribution in [0.4, 0.5) is 4.39 Å². The SMILES string of the molecule is C#CCn1/c(=N/S(=O)(=O)c2ccc(F)cc2)sc2cc(S(C)(=O)=O)ccc21. The summed E-state index contributed by atoms with van der Waals surface area (Å²) in [6.07, 6.45) is 6.46. The molecule has 1 aromatic heterocycles. The van der Waals surface area contributed by atoms with E-state index in [1.165, 1.54) is 16.7 Å². The van der Waals surface area contributed by atoms with E-state index in [0.29, 0.717) is 10.2 Å². The summed E-state index contributed by atoms with van der Waals surface area (Å²) >= 11 is 1.00. The number of hydrogen-bond acceptors (Lipinski definition) is 5. The Morgan fingerprint density at radius 2 is 1.74 bits per heavy atom. The number of sulfone groups is 1. The van der Waals surface area contributed by atoms with Crippen LogP contribution in [0, 0.1) is 18.2 Å². The summed E-state index contributed by atoms with van der Waals surface area (Å²) in [4.78, 5) is 0.0421. The molecule has 140 valence electrons. The van der Waals surface area contributed by atoms with E-state index in [9.17, 15) is 21.2 Å². The Balaban J connectivity index is 2.26. The van der Waals surface area contributed by atoms with Gasteiger partial charge in [-0.2, -0.15) is 8.42 Å². The van der Waals surface area contributed by atoms with Crippen molar-refractivity contribution in [2.75, 3.05) is 6.26 Å². The van der Waals surface area contributed by atoms with E-state index >= 15 is 0 Å². The van der Waals surface area contributed by atoms with E-state index < -0.39 is 25.7 Å². The highest BCUT2D eigenvalue weighted by Gasteiger charge is 2.16. The molecule has 0 aliphatic heterocycles. The van der Waals surface area contributed by atoms with Crippen LogP contribution in [0.25, 0.3) is 10.2 Å². The Kier molecular flexibility index (Phi) is 4.94. The summed E-state index contributed by atoms with van der Waals surface area (Å²) in [5.41, 5.74) is 0.568. The highest BCUT2D eigenvalue weighted by Crippen LogP contribution is 2.22. The fourth-order valence-corrected chi connectivity index (χ4v) is 5.35.